The Morgan fingerprint density at radius 3 is 3.07 bits per heavy atom. The number of nitrogen functional groups attached to an aromatic ring is 1. The van der Waals surface area contributed by atoms with Crippen molar-refractivity contribution in [3.8, 4) is 5.75 Å². The summed E-state index contributed by atoms with van der Waals surface area (Å²) in [5.41, 5.74) is 7.42. The minimum absolute atomic E-state index is 0.173. The third-order valence-electron chi connectivity index (χ3n) is 4.95. The van der Waals surface area contributed by atoms with Gasteiger partial charge < -0.3 is 20.7 Å². The SMILES string of the molecule is N=C1c2cc(cnc2N)C(=O)NCCOc2ccc(F)cc2[C@H]2CCCN12. The van der Waals surface area contributed by atoms with Gasteiger partial charge in [0.15, 0.2) is 0 Å². The van der Waals surface area contributed by atoms with Gasteiger partial charge in [0.25, 0.3) is 5.91 Å². The molecular formula is C19H20FN5O2. The molecule has 4 rings (SSSR count). The van der Waals surface area contributed by atoms with Crippen LogP contribution in [0.5, 0.6) is 5.75 Å². The highest BCUT2D eigenvalue weighted by atomic mass is 19.1. The zero-order chi connectivity index (χ0) is 19.0. The summed E-state index contributed by atoms with van der Waals surface area (Å²) in [6, 6.07) is 5.80. The Bertz CT molecular complexity index is 917. The van der Waals surface area contributed by atoms with Gasteiger partial charge in [-0.15, -0.1) is 0 Å². The monoisotopic (exact) mass is 369 g/mol. The molecule has 140 valence electrons. The number of hydrogen-bond donors (Lipinski definition) is 3. The van der Waals surface area contributed by atoms with Gasteiger partial charge in [0, 0.05) is 18.3 Å². The highest BCUT2D eigenvalue weighted by molar-refractivity contribution is 6.03. The number of benzene rings is 1. The summed E-state index contributed by atoms with van der Waals surface area (Å²) in [5, 5.41) is 11.4. The van der Waals surface area contributed by atoms with E-state index in [4.69, 9.17) is 15.9 Å². The molecular weight excluding hydrogens is 349 g/mol. The fourth-order valence-electron chi connectivity index (χ4n) is 3.64. The van der Waals surface area contributed by atoms with E-state index in [2.05, 4.69) is 10.3 Å². The molecule has 1 aromatic heterocycles. The summed E-state index contributed by atoms with van der Waals surface area (Å²) >= 11 is 0. The molecule has 1 fully saturated rings. The van der Waals surface area contributed by atoms with Gasteiger partial charge in [-0.25, -0.2) is 9.37 Å². The van der Waals surface area contributed by atoms with Crippen LogP contribution in [0.1, 0.15) is 40.4 Å². The number of nitrogens with two attached hydrogens (primary N) is 1. The summed E-state index contributed by atoms with van der Waals surface area (Å²) in [5.74, 6) is 0.264. The molecule has 0 spiro atoms. The summed E-state index contributed by atoms with van der Waals surface area (Å²) < 4.78 is 19.8. The van der Waals surface area contributed by atoms with Crippen molar-refractivity contribution in [2.45, 2.75) is 18.9 Å². The average Bonchev–Trinajstić information content (AvgIpc) is 3.14. The molecule has 3 heterocycles. The van der Waals surface area contributed by atoms with Crippen molar-refractivity contribution in [1.29, 1.82) is 5.41 Å². The standard InChI is InChI=1S/C19H20FN5O2/c20-12-3-4-16-13(9-12)15-2-1-6-25(15)18(22)14-8-11(10-24-17(14)21)19(26)23-5-7-27-16/h3-4,8-10,15,22H,1-2,5-7H2,(H2,21,24)(H,23,26)/t15-/m1/s1. The molecule has 0 radical (unpaired) electrons. The van der Waals surface area contributed by atoms with Crippen LogP contribution in [0, 0.1) is 11.2 Å². The molecule has 1 aromatic carbocycles. The highest BCUT2D eigenvalue weighted by Gasteiger charge is 2.32. The number of carbonyl (C=O) groups is 1. The predicted octanol–water partition coefficient (Wildman–Crippen LogP) is 2.09. The molecule has 2 aliphatic heterocycles. The van der Waals surface area contributed by atoms with Crippen LogP contribution in [-0.4, -0.2) is 41.3 Å². The second kappa shape index (κ2) is 6.86. The van der Waals surface area contributed by atoms with Gasteiger partial charge in [-0.3, -0.25) is 10.2 Å². The average molecular weight is 369 g/mol. The molecule has 2 aromatic rings. The van der Waals surface area contributed by atoms with E-state index in [1.807, 2.05) is 4.90 Å². The maximum Gasteiger partial charge on any atom is 0.252 e. The fraction of sp³-hybridized carbons (Fsp3) is 0.316. The minimum atomic E-state index is -0.350. The molecule has 1 saturated heterocycles. The first-order valence-corrected chi connectivity index (χ1v) is 8.86. The van der Waals surface area contributed by atoms with Crippen molar-refractivity contribution in [3.63, 3.8) is 0 Å². The Morgan fingerprint density at radius 2 is 2.22 bits per heavy atom. The Hall–Kier alpha value is -3.16. The number of nitrogens with one attached hydrogen (secondary N) is 2. The third kappa shape index (κ3) is 3.18. The number of pyridine rings is 1. The largest absolute Gasteiger partial charge is 0.491 e. The van der Waals surface area contributed by atoms with Crippen LogP contribution in [0.25, 0.3) is 0 Å². The highest BCUT2D eigenvalue weighted by Crippen LogP contribution is 2.38. The quantitative estimate of drug-likeness (QED) is 0.660. The summed E-state index contributed by atoms with van der Waals surface area (Å²) in [6.45, 7) is 1.18. The smallest absolute Gasteiger partial charge is 0.252 e. The number of halogens is 1. The zero-order valence-corrected chi connectivity index (χ0v) is 14.7. The van der Waals surface area contributed by atoms with Crippen LogP contribution in [0.15, 0.2) is 30.5 Å². The van der Waals surface area contributed by atoms with Crippen LogP contribution in [-0.2, 0) is 0 Å². The molecule has 8 heteroatoms. The molecule has 7 nitrogen and oxygen atoms in total. The van der Waals surface area contributed by atoms with Crippen molar-refractivity contribution in [1.82, 2.24) is 15.2 Å². The van der Waals surface area contributed by atoms with E-state index in [0.29, 0.717) is 35.5 Å². The second-order valence-corrected chi connectivity index (χ2v) is 6.64. The lowest BCUT2D eigenvalue weighted by Crippen LogP contribution is -2.32. The number of carbonyl (C=O) groups excluding carboxylic acids is 1. The maximum atomic E-state index is 13.9. The summed E-state index contributed by atoms with van der Waals surface area (Å²) in [7, 11) is 0. The molecule has 0 saturated carbocycles. The number of anilines is 1. The van der Waals surface area contributed by atoms with Crippen LogP contribution in [0.2, 0.25) is 0 Å². The van der Waals surface area contributed by atoms with Gasteiger partial charge in [0.1, 0.15) is 29.8 Å². The molecule has 1 amide bonds. The number of fused-ring (bicyclic) bond motifs is 5. The molecule has 27 heavy (non-hydrogen) atoms. The number of aromatic nitrogens is 1. The Morgan fingerprint density at radius 1 is 1.37 bits per heavy atom. The van der Waals surface area contributed by atoms with Crippen molar-refractivity contribution in [3.05, 3.63) is 53.0 Å². The lowest BCUT2D eigenvalue weighted by atomic mass is 10.0. The number of hydrogen-bond acceptors (Lipinski definition) is 5. The predicted molar refractivity (Wildman–Crippen MR) is 98.4 cm³/mol. The molecule has 1 atom stereocenters. The topological polar surface area (TPSA) is 104 Å². The normalized spacial score (nSPS) is 19.7. The first kappa shape index (κ1) is 17.3. The molecule has 0 unspecified atom stereocenters. The van der Waals surface area contributed by atoms with Crippen LogP contribution >= 0.6 is 0 Å². The van der Waals surface area contributed by atoms with Gasteiger partial charge in [-0.2, -0.15) is 0 Å². The molecule has 2 bridgehead atoms. The van der Waals surface area contributed by atoms with E-state index in [1.165, 1.54) is 18.3 Å². The van der Waals surface area contributed by atoms with Crippen molar-refractivity contribution < 1.29 is 13.9 Å². The van der Waals surface area contributed by atoms with Crippen molar-refractivity contribution in [2.24, 2.45) is 0 Å². The Balaban J connectivity index is 1.82. The Labute approximate surface area is 155 Å². The van der Waals surface area contributed by atoms with Gasteiger partial charge in [-0.1, -0.05) is 0 Å². The van der Waals surface area contributed by atoms with Gasteiger partial charge >= 0.3 is 0 Å². The fourth-order valence-corrected chi connectivity index (χ4v) is 3.64. The number of rotatable bonds is 0. The Kier molecular flexibility index (Phi) is 4.39. The maximum absolute atomic E-state index is 13.9. The van der Waals surface area contributed by atoms with Gasteiger partial charge in [0.2, 0.25) is 0 Å². The first-order valence-electron chi connectivity index (χ1n) is 8.86. The third-order valence-corrected chi connectivity index (χ3v) is 4.95. The van der Waals surface area contributed by atoms with Crippen LogP contribution in [0.4, 0.5) is 10.2 Å². The first-order chi connectivity index (χ1) is 13.0. The van der Waals surface area contributed by atoms with Gasteiger partial charge in [0.05, 0.1) is 23.7 Å². The number of nitrogens with zero attached hydrogens (tertiary/aromatic N) is 2. The zero-order valence-electron chi connectivity index (χ0n) is 14.7. The second-order valence-electron chi connectivity index (χ2n) is 6.64. The number of amides is 1. The molecule has 4 N–H and O–H groups in total. The van der Waals surface area contributed by atoms with Crippen LogP contribution < -0.4 is 15.8 Å². The molecule has 2 aliphatic rings. The van der Waals surface area contributed by atoms with Crippen molar-refractivity contribution in [2.75, 3.05) is 25.4 Å². The van der Waals surface area contributed by atoms with Crippen LogP contribution in [0.3, 0.4) is 0 Å². The number of ether oxygens (including phenoxy) is 1. The lowest BCUT2D eigenvalue weighted by molar-refractivity contribution is 0.0946. The van der Waals surface area contributed by atoms with E-state index in [0.717, 1.165) is 12.8 Å². The van der Waals surface area contributed by atoms with Gasteiger partial charge in [-0.05, 0) is 37.1 Å². The lowest BCUT2D eigenvalue weighted by Gasteiger charge is -2.29. The van der Waals surface area contributed by atoms with E-state index < -0.39 is 0 Å². The van der Waals surface area contributed by atoms with Crippen molar-refractivity contribution >= 4 is 17.6 Å². The number of amidine groups is 1. The summed E-state index contributed by atoms with van der Waals surface area (Å²) in [6.07, 6.45) is 3.02. The van der Waals surface area contributed by atoms with E-state index in [-0.39, 0.29) is 36.0 Å². The van der Waals surface area contributed by atoms with E-state index >= 15 is 0 Å². The molecule has 0 aliphatic carbocycles. The minimum Gasteiger partial charge on any atom is -0.491 e. The van der Waals surface area contributed by atoms with E-state index in [1.54, 1.807) is 12.1 Å². The van der Waals surface area contributed by atoms with E-state index in [9.17, 15) is 9.18 Å². The summed E-state index contributed by atoms with van der Waals surface area (Å²) in [4.78, 5) is 18.3.